The summed E-state index contributed by atoms with van der Waals surface area (Å²) < 4.78 is 5.67. The number of hydrogen-bond acceptors (Lipinski definition) is 3. The van der Waals surface area contributed by atoms with Crippen molar-refractivity contribution in [1.82, 2.24) is 0 Å². The van der Waals surface area contributed by atoms with Gasteiger partial charge in [-0.05, 0) is 44.4 Å². The van der Waals surface area contributed by atoms with Crippen molar-refractivity contribution < 1.29 is 4.74 Å². The van der Waals surface area contributed by atoms with E-state index in [0.717, 1.165) is 48.8 Å². The molecule has 0 spiro atoms. The molecule has 1 heterocycles. The quantitative estimate of drug-likeness (QED) is 0.920. The van der Waals surface area contributed by atoms with Gasteiger partial charge in [-0.2, -0.15) is 0 Å². The summed E-state index contributed by atoms with van der Waals surface area (Å²) in [6.45, 7) is 6.83. The summed E-state index contributed by atoms with van der Waals surface area (Å²) in [4.78, 5) is 2.34. The number of rotatable bonds is 4. The summed E-state index contributed by atoms with van der Waals surface area (Å²) in [7, 11) is 0. The Morgan fingerprint density at radius 1 is 1.42 bits per heavy atom. The topological polar surface area (TPSA) is 38.5 Å². The second-order valence-corrected chi connectivity index (χ2v) is 5.55. The van der Waals surface area contributed by atoms with Crippen molar-refractivity contribution in [3.8, 4) is 0 Å². The first kappa shape index (κ1) is 14.6. The van der Waals surface area contributed by atoms with E-state index in [1.165, 1.54) is 0 Å². The number of benzene rings is 1. The SMILES string of the molecule is CCOC1CCN(c2ccc([C@@H](C)N)cc2Cl)CC1. The first-order valence-corrected chi connectivity index (χ1v) is 7.41. The third-order valence-corrected chi connectivity index (χ3v) is 3.99. The number of anilines is 1. The minimum atomic E-state index is 0.0234. The molecule has 2 N–H and O–H groups in total. The molecule has 1 atom stereocenters. The Hall–Kier alpha value is -0.770. The van der Waals surface area contributed by atoms with E-state index >= 15 is 0 Å². The molecule has 0 unspecified atom stereocenters. The molecule has 3 nitrogen and oxygen atoms in total. The first-order chi connectivity index (χ1) is 9.11. The Labute approximate surface area is 120 Å². The molecule has 2 rings (SSSR count). The molecule has 4 heteroatoms. The highest BCUT2D eigenvalue weighted by molar-refractivity contribution is 6.33. The van der Waals surface area contributed by atoms with Gasteiger partial charge in [0.2, 0.25) is 0 Å². The molecule has 1 saturated heterocycles. The minimum absolute atomic E-state index is 0.0234. The molecule has 1 aromatic rings. The van der Waals surface area contributed by atoms with Gasteiger partial charge in [-0.15, -0.1) is 0 Å². The minimum Gasteiger partial charge on any atom is -0.378 e. The average molecular weight is 283 g/mol. The maximum atomic E-state index is 6.38. The van der Waals surface area contributed by atoms with Crippen molar-refractivity contribution in [3.05, 3.63) is 28.8 Å². The zero-order chi connectivity index (χ0) is 13.8. The van der Waals surface area contributed by atoms with Crippen molar-refractivity contribution in [2.24, 2.45) is 5.73 Å². The Balaban J connectivity index is 2.03. The highest BCUT2D eigenvalue weighted by Gasteiger charge is 2.21. The summed E-state index contributed by atoms with van der Waals surface area (Å²) in [6.07, 6.45) is 2.54. The molecule has 1 fully saturated rings. The fraction of sp³-hybridized carbons (Fsp3) is 0.600. The van der Waals surface area contributed by atoms with Gasteiger partial charge in [0.15, 0.2) is 0 Å². The van der Waals surface area contributed by atoms with Gasteiger partial charge in [0, 0.05) is 25.7 Å². The monoisotopic (exact) mass is 282 g/mol. The van der Waals surface area contributed by atoms with Crippen LogP contribution < -0.4 is 10.6 Å². The van der Waals surface area contributed by atoms with Crippen LogP contribution in [0.5, 0.6) is 0 Å². The number of piperidine rings is 1. The molecular weight excluding hydrogens is 260 g/mol. The van der Waals surface area contributed by atoms with E-state index < -0.39 is 0 Å². The predicted molar refractivity (Wildman–Crippen MR) is 80.9 cm³/mol. The van der Waals surface area contributed by atoms with Crippen LogP contribution in [-0.2, 0) is 4.74 Å². The summed E-state index contributed by atoms with van der Waals surface area (Å²) in [6, 6.07) is 6.16. The zero-order valence-corrected chi connectivity index (χ0v) is 12.5. The van der Waals surface area contributed by atoms with Gasteiger partial charge in [-0.1, -0.05) is 17.7 Å². The maximum absolute atomic E-state index is 6.38. The Kier molecular flexibility index (Phi) is 5.08. The van der Waals surface area contributed by atoms with Gasteiger partial charge < -0.3 is 15.4 Å². The Bertz CT molecular complexity index is 415. The highest BCUT2D eigenvalue weighted by Crippen LogP contribution is 2.30. The van der Waals surface area contributed by atoms with Gasteiger partial charge in [-0.25, -0.2) is 0 Å². The second kappa shape index (κ2) is 6.60. The lowest BCUT2D eigenvalue weighted by atomic mass is 10.0. The van der Waals surface area contributed by atoms with Crippen LogP contribution in [-0.4, -0.2) is 25.8 Å². The lowest BCUT2D eigenvalue weighted by Crippen LogP contribution is -2.37. The fourth-order valence-electron chi connectivity index (χ4n) is 2.56. The van der Waals surface area contributed by atoms with Crippen molar-refractivity contribution in [3.63, 3.8) is 0 Å². The van der Waals surface area contributed by atoms with E-state index in [0.29, 0.717) is 6.10 Å². The van der Waals surface area contributed by atoms with E-state index in [4.69, 9.17) is 22.1 Å². The van der Waals surface area contributed by atoms with Crippen LogP contribution in [0.3, 0.4) is 0 Å². The number of ether oxygens (including phenoxy) is 1. The van der Waals surface area contributed by atoms with Crippen molar-refractivity contribution in [2.45, 2.75) is 38.8 Å². The van der Waals surface area contributed by atoms with Crippen LogP contribution in [0, 0.1) is 0 Å². The third kappa shape index (κ3) is 3.62. The molecule has 0 aromatic heterocycles. The number of hydrogen-bond donors (Lipinski definition) is 1. The Morgan fingerprint density at radius 3 is 2.63 bits per heavy atom. The van der Waals surface area contributed by atoms with Crippen LogP contribution in [0.1, 0.15) is 38.3 Å². The molecule has 106 valence electrons. The zero-order valence-electron chi connectivity index (χ0n) is 11.7. The van der Waals surface area contributed by atoms with Crippen molar-refractivity contribution >= 4 is 17.3 Å². The Morgan fingerprint density at radius 2 is 2.11 bits per heavy atom. The van der Waals surface area contributed by atoms with Gasteiger partial charge in [0.05, 0.1) is 16.8 Å². The highest BCUT2D eigenvalue weighted by atomic mass is 35.5. The molecule has 0 aliphatic carbocycles. The van der Waals surface area contributed by atoms with Crippen LogP contribution in [0.4, 0.5) is 5.69 Å². The second-order valence-electron chi connectivity index (χ2n) is 5.14. The number of nitrogens with zero attached hydrogens (tertiary/aromatic N) is 1. The normalized spacial score (nSPS) is 18.6. The molecule has 0 amide bonds. The standard InChI is InChI=1S/C15H23ClN2O/c1-3-19-13-6-8-18(9-7-13)15-5-4-12(11(2)17)10-14(15)16/h4-5,10-11,13H,3,6-9,17H2,1-2H3/t11-/m1/s1. The van der Waals surface area contributed by atoms with E-state index in [1.54, 1.807) is 0 Å². The van der Waals surface area contributed by atoms with Crippen LogP contribution in [0.15, 0.2) is 18.2 Å². The molecule has 19 heavy (non-hydrogen) atoms. The van der Waals surface area contributed by atoms with Gasteiger partial charge >= 0.3 is 0 Å². The maximum Gasteiger partial charge on any atom is 0.0642 e. The molecule has 0 radical (unpaired) electrons. The van der Waals surface area contributed by atoms with Gasteiger partial charge in [0.1, 0.15) is 0 Å². The van der Waals surface area contributed by atoms with E-state index in [9.17, 15) is 0 Å². The predicted octanol–water partition coefficient (Wildman–Crippen LogP) is 3.37. The molecular formula is C15H23ClN2O. The summed E-state index contributed by atoms with van der Waals surface area (Å²) in [5, 5.41) is 0.796. The van der Waals surface area contributed by atoms with E-state index in [-0.39, 0.29) is 6.04 Å². The lowest BCUT2D eigenvalue weighted by molar-refractivity contribution is 0.0459. The first-order valence-electron chi connectivity index (χ1n) is 7.03. The van der Waals surface area contributed by atoms with E-state index in [2.05, 4.69) is 24.0 Å². The van der Waals surface area contributed by atoms with Gasteiger partial charge in [0.25, 0.3) is 0 Å². The van der Waals surface area contributed by atoms with Crippen LogP contribution in [0.25, 0.3) is 0 Å². The average Bonchev–Trinajstić information content (AvgIpc) is 2.40. The van der Waals surface area contributed by atoms with Gasteiger partial charge in [-0.3, -0.25) is 0 Å². The molecule has 0 bridgehead atoms. The van der Waals surface area contributed by atoms with E-state index in [1.807, 2.05) is 13.0 Å². The molecule has 1 aliphatic rings. The smallest absolute Gasteiger partial charge is 0.0642 e. The summed E-state index contributed by atoms with van der Waals surface area (Å²) in [5.74, 6) is 0. The number of halogens is 1. The van der Waals surface area contributed by atoms with Crippen LogP contribution in [0.2, 0.25) is 5.02 Å². The van der Waals surface area contributed by atoms with Crippen molar-refractivity contribution in [2.75, 3.05) is 24.6 Å². The van der Waals surface area contributed by atoms with Crippen molar-refractivity contribution in [1.29, 1.82) is 0 Å². The molecule has 1 aromatic carbocycles. The number of nitrogens with two attached hydrogens (primary N) is 1. The van der Waals surface area contributed by atoms with Crippen LogP contribution >= 0.6 is 11.6 Å². The fourth-order valence-corrected chi connectivity index (χ4v) is 2.87. The molecule has 1 aliphatic heterocycles. The third-order valence-electron chi connectivity index (χ3n) is 3.68. The summed E-state index contributed by atoms with van der Waals surface area (Å²) in [5.41, 5.74) is 8.07. The largest absolute Gasteiger partial charge is 0.378 e. The lowest BCUT2D eigenvalue weighted by Gasteiger charge is -2.34. The summed E-state index contributed by atoms with van der Waals surface area (Å²) >= 11 is 6.38. The molecule has 0 saturated carbocycles.